The number of nitrogens with one attached hydrogen (secondary N) is 1. The van der Waals surface area contributed by atoms with Crippen molar-refractivity contribution in [3.05, 3.63) is 42.2 Å². The molecule has 144 valence electrons. The summed E-state index contributed by atoms with van der Waals surface area (Å²) in [6.45, 7) is 2.29. The van der Waals surface area contributed by atoms with Gasteiger partial charge in [0.25, 0.3) is 0 Å². The fourth-order valence-corrected chi connectivity index (χ4v) is 3.97. The Hall–Kier alpha value is -2.45. The van der Waals surface area contributed by atoms with Gasteiger partial charge in [0.15, 0.2) is 0 Å². The zero-order chi connectivity index (χ0) is 18.9. The van der Waals surface area contributed by atoms with Crippen LogP contribution in [0, 0.1) is 0 Å². The molecule has 1 unspecified atom stereocenters. The van der Waals surface area contributed by atoms with E-state index in [1.807, 2.05) is 24.3 Å². The van der Waals surface area contributed by atoms with E-state index < -0.39 is 6.04 Å². The van der Waals surface area contributed by atoms with Crippen LogP contribution >= 0.6 is 0 Å². The average molecular weight is 370 g/mol. The largest absolute Gasteiger partial charge is 0.487 e. The van der Waals surface area contributed by atoms with Crippen LogP contribution < -0.4 is 15.8 Å². The van der Waals surface area contributed by atoms with Gasteiger partial charge in [0.2, 0.25) is 5.91 Å². The Balaban J connectivity index is 1.51. The van der Waals surface area contributed by atoms with E-state index in [0.29, 0.717) is 6.54 Å². The number of carbonyl (C=O) groups excluding carboxylic acids is 1. The molecule has 0 bridgehead atoms. The molecule has 0 aliphatic carbocycles. The zero-order valence-corrected chi connectivity index (χ0v) is 15.5. The van der Waals surface area contributed by atoms with E-state index in [0.717, 1.165) is 43.7 Å². The molecule has 2 aromatic rings. The summed E-state index contributed by atoms with van der Waals surface area (Å²) < 4.78 is 8.00. The van der Waals surface area contributed by atoms with E-state index >= 15 is 0 Å². The topological polar surface area (TPSA) is 98.3 Å². The number of carbonyl (C=O) groups is 1. The number of ether oxygens (including phenoxy) is 1. The molecule has 1 saturated heterocycles. The first-order valence-electron chi connectivity index (χ1n) is 9.41. The monoisotopic (exact) mass is 370 g/mol. The molecule has 27 heavy (non-hydrogen) atoms. The van der Waals surface area contributed by atoms with Crippen LogP contribution in [-0.4, -0.2) is 57.6 Å². The van der Waals surface area contributed by atoms with Crippen LogP contribution in [0.2, 0.25) is 0 Å². The molecular formula is C19H26N6O2. The summed E-state index contributed by atoms with van der Waals surface area (Å²) in [6.07, 6.45) is 5.94. The van der Waals surface area contributed by atoms with E-state index in [2.05, 4.69) is 27.6 Å². The van der Waals surface area contributed by atoms with Crippen LogP contribution in [0.4, 0.5) is 0 Å². The van der Waals surface area contributed by atoms with Crippen molar-refractivity contribution >= 4 is 5.91 Å². The Kier molecular flexibility index (Phi) is 4.84. The Morgan fingerprint density at radius 1 is 1.41 bits per heavy atom. The van der Waals surface area contributed by atoms with Gasteiger partial charge < -0.3 is 20.7 Å². The Morgan fingerprint density at radius 3 is 2.93 bits per heavy atom. The van der Waals surface area contributed by atoms with Crippen molar-refractivity contribution in [1.29, 1.82) is 0 Å². The second kappa shape index (κ2) is 7.28. The highest BCUT2D eigenvalue weighted by Crippen LogP contribution is 2.44. The standard InChI is InChI=1S/C19H26N6O2/c1-24-9-6-19(7-10-24)12-16(14-4-2-3-5-17(14)27-19)22-18(26)15(20)13-25-11-8-21-23-25/h2-5,8,11,15-16H,6-7,9-10,12-13,20H2,1H3,(H,22,26)/t15-,16?/m1/s1. The summed E-state index contributed by atoms with van der Waals surface area (Å²) in [5, 5.41) is 10.8. The highest BCUT2D eigenvalue weighted by Gasteiger charge is 2.43. The molecule has 2 aliphatic heterocycles. The number of likely N-dealkylation sites (tertiary alicyclic amines) is 1. The van der Waals surface area contributed by atoms with Gasteiger partial charge in [0.05, 0.1) is 18.8 Å². The summed E-state index contributed by atoms with van der Waals surface area (Å²) in [7, 11) is 2.13. The third-order valence-corrected chi connectivity index (χ3v) is 5.60. The summed E-state index contributed by atoms with van der Waals surface area (Å²) >= 11 is 0. The molecule has 1 fully saturated rings. The van der Waals surface area contributed by atoms with Crippen molar-refractivity contribution in [2.45, 2.75) is 43.5 Å². The van der Waals surface area contributed by atoms with Gasteiger partial charge in [-0.15, -0.1) is 5.10 Å². The molecule has 0 radical (unpaired) electrons. The number of hydrogen-bond acceptors (Lipinski definition) is 6. The predicted molar refractivity (Wildman–Crippen MR) is 100 cm³/mol. The molecular weight excluding hydrogens is 344 g/mol. The lowest BCUT2D eigenvalue weighted by Crippen LogP contribution is -2.53. The lowest BCUT2D eigenvalue weighted by Gasteiger charge is -2.46. The van der Waals surface area contributed by atoms with E-state index in [1.165, 1.54) is 0 Å². The maximum absolute atomic E-state index is 12.7. The minimum absolute atomic E-state index is 0.104. The van der Waals surface area contributed by atoms with Gasteiger partial charge in [-0.2, -0.15) is 0 Å². The van der Waals surface area contributed by atoms with E-state index in [4.69, 9.17) is 10.5 Å². The maximum atomic E-state index is 12.7. The van der Waals surface area contributed by atoms with Crippen molar-refractivity contribution in [2.75, 3.05) is 20.1 Å². The third-order valence-electron chi connectivity index (χ3n) is 5.60. The first-order valence-corrected chi connectivity index (χ1v) is 9.41. The number of rotatable bonds is 4. The van der Waals surface area contributed by atoms with Crippen molar-refractivity contribution in [3.8, 4) is 5.75 Å². The lowest BCUT2D eigenvalue weighted by atomic mass is 9.80. The SMILES string of the molecule is CN1CCC2(CC1)CC(NC(=O)[C@H](N)Cn1ccnn1)c1ccccc1O2. The maximum Gasteiger partial charge on any atom is 0.239 e. The van der Waals surface area contributed by atoms with Gasteiger partial charge in [-0.1, -0.05) is 23.4 Å². The number of nitrogens with two attached hydrogens (primary N) is 1. The van der Waals surface area contributed by atoms with Crippen LogP contribution in [0.5, 0.6) is 5.75 Å². The molecule has 3 N–H and O–H groups in total. The van der Waals surface area contributed by atoms with Gasteiger partial charge >= 0.3 is 0 Å². The summed E-state index contributed by atoms with van der Waals surface area (Å²) in [6, 6.07) is 7.17. The van der Waals surface area contributed by atoms with E-state index in [-0.39, 0.29) is 17.6 Å². The number of fused-ring (bicyclic) bond motifs is 1. The van der Waals surface area contributed by atoms with E-state index in [9.17, 15) is 4.79 Å². The molecule has 2 aliphatic rings. The highest BCUT2D eigenvalue weighted by atomic mass is 16.5. The predicted octanol–water partition coefficient (Wildman–Crippen LogP) is 0.710. The van der Waals surface area contributed by atoms with Crippen molar-refractivity contribution in [3.63, 3.8) is 0 Å². The van der Waals surface area contributed by atoms with Crippen molar-refractivity contribution in [1.82, 2.24) is 25.2 Å². The van der Waals surface area contributed by atoms with Crippen LogP contribution in [-0.2, 0) is 11.3 Å². The summed E-state index contributed by atoms with van der Waals surface area (Å²) in [5.74, 6) is 0.679. The molecule has 2 atom stereocenters. The van der Waals surface area contributed by atoms with Gasteiger partial charge in [-0.05, 0) is 26.0 Å². The highest BCUT2D eigenvalue weighted by molar-refractivity contribution is 5.82. The van der Waals surface area contributed by atoms with Crippen molar-refractivity contribution in [2.24, 2.45) is 5.73 Å². The molecule has 1 aromatic carbocycles. The fraction of sp³-hybridized carbons (Fsp3) is 0.526. The molecule has 4 rings (SSSR count). The van der Waals surface area contributed by atoms with Gasteiger partial charge in [0.1, 0.15) is 17.4 Å². The minimum atomic E-state index is -0.685. The first kappa shape index (κ1) is 17.9. The molecule has 1 spiro atoms. The Labute approximate surface area is 158 Å². The molecule has 8 heteroatoms. The lowest BCUT2D eigenvalue weighted by molar-refractivity contribution is -0.124. The smallest absolute Gasteiger partial charge is 0.239 e. The van der Waals surface area contributed by atoms with Gasteiger partial charge in [-0.25, -0.2) is 0 Å². The number of piperidine rings is 1. The number of benzene rings is 1. The fourth-order valence-electron chi connectivity index (χ4n) is 3.97. The van der Waals surface area contributed by atoms with Gasteiger partial charge in [0, 0.05) is 31.3 Å². The van der Waals surface area contributed by atoms with Crippen LogP contribution in [0.15, 0.2) is 36.7 Å². The quantitative estimate of drug-likeness (QED) is 0.823. The second-order valence-electron chi connectivity index (χ2n) is 7.62. The van der Waals surface area contributed by atoms with Crippen LogP contribution in [0.1, 0.15) is 30.9 Å². The molecule has 0 saturated carbocycles. The summed E-state index contributed by atoms with van der Waals surface area (Å²) in [4.78, 5) is 15.0. The third kappa shape index (κ3) is 3.81. The number of hydrogen-bond donors (Lipinski definition) is 2. The molecule has 3 heterocycles. The van der Waals surface area contributed by atoms with Crippen LogP contribution in [0.3, 0.4) is 0 Å². The van der Waals surface area contributed by atoms with Gasteiger partial charge in [-0.3, -0.25) is 9.48 Å². The average Bonchev–Trinajstić information content (AvgIpc) is 3.17. The normalized spacial score (nSPS) is 22.7. The number of nitrogens with zero attached hydrogens (tertiary/aromatic N) is 4. The van der Waals surface area contributed by atoms with Crippen LogP contribution in [0.25, 0.3) is 0 Å². The number of para-hydroxylation sites is 1. The minimum Gasteiger partial charge on any atom is -0.487 e. The number of aromatic nitrogens is 3. The molecule has 8 nitrogen and oxygen atoms in total. The van der Waals surface area contributed by atoms with E-state index in [1.54, 1.807) is 17.1 Å². The Bertz CT molecular complexity index is 785. The molecule has 1 amide bonds. The summed E-state index contributed by atoms with van der Waals surface area (Å²) in [5.41, 5.74) is 6.88. The molecule has 1 aromatic heterocycles. The number of amides is 1. The zero-order valence-electron chi connectivity index (χ0n) is 15.5. The Morgan fingerprint density at radius 2 is 2.19 bits per heavy atom. The van der Waals surface area contributed by atoms with Crippen molar-refractivity contribution < 1.29 is 9.53 Å². The first-order chi connectivity index (χ1) is 13.0. The second-order valence-corrected chi connectivity index (χ2v) is 7.62.